The van der Waals surface area contributed by atoms with Gasteiger partial charge in [-0.1, -0.05) is 6.07 Å². The van der Waals surface area contributed by atoms with Gasteiger partial charge in [-0.15, -0.1) is 0 Å². The van der Waals surface area contributed by atoms with Gasteiger partial charge < -0.3 is 5.32 Å². The van der Waals surface area contributed by atoms with Crippen molar-refractivity contribution >= 4 is 21.4 Å². The first-order valence-corrected chi connectivity index (χ1v) is 11.4. The number of carbonyl (C=O) groups excluding carboxylic acids is 1. The van der Waals surface area contributed by atoms with Crippen molar-refractivity contribution in [3.63, 3.8) is 0 Å². The molecule has 3 rings (SSSR count). The van der Waals surface area contributed by atoms with Gasteiger partial charge in [0.1, 0.15) is 5.69 Å². The molecule has 6 nitrogen and oxygen atoms in total. The number of rotatable bonds is 5. The van der Waals surface area contributed by atoms with E-state index >= 15 is 0 Å². The van der Waals surface area contributed by atoms with Crippen molar-refractivity contribution in [1.82, 2.24) is 9.78 Å². The number of nitrogens with zero attached hydrogens (tertiary/aromatic N) is 2. The fourth-order valence-corrected chi connectivity index (χ4v) is 4.28. The zero-order chi connectivity index (χ0) is 21.4. The summed E-state index contributed by atoms with van der Waals surface area (Å²) in [6.07, 6.45) is 1.60. The average Bonchev–Trinajstić information content (AvgIpc) is 2.90. The van der Waals surface area contributed by atoms with E-state index < -0.39 is 21.7 Å². The van der Waals surface area contributed by atoms with E-state index in [1.165, 1.54) is 12.1 Å². The van der Waals surface area contributed by atoms with Gasteiger partial charge in [0, 0.05) is 36.9 Å². The van der Waals surface area contributed by atoms with Gasteiger partial charge in [0.25, 0.3) is 5.91 Å². The van der Waals surface area contributed by atoms with E-state index in [1.807, 2.05) is 0 Å². The standard InChI is InChI=1S/C20H25F2N3O3S/c1-13-14(2)24-25(12-15-7-9-20(21,22)10-8-15)18(13)19(26)23-16-5-4-6-17(11-16)29(3,27)28/h4-6,11,15H,7-10,12H2,1-3H3,(H,23,26). The number of aromatic nitrogens is 2. The topological polar surface area (TPSA) is 81.1 Å². The minimum Gasteiger partial charge on any atom is -0.321 e. The van der Waals surface area contributed by atoms with Gasteiger partial charge in [-0.25, -0.2) is 17.2 Å². The molecule has 1 N–H and O–H groups in total. The summed E-state index contributed by atoms with van der Waals surface area (Å²) in [5.74, 6) is -2.97. The highest BCUT2D eigenvalue weighted by molar-refractivity contribution is 7.90. The third-order valence-electron chi connectivity index (χ3n) is 5.43. The summed E-state index contributed by atoms with van der Waals surface area (Å²) in [6, 6.07) is 6.03. The van der Waals surface area contributed by atoms with Gasteiger partial charge in [0.05, 0.1) is 10.6 Å². The van der Waals surface area contributed by atoms with E-state index in [1.54, 1.807) is 30.7 Å². The van der Waals surface area contributed by atoms with Gasteiger partial charge in [0.2, 0.25) is 5.92 Å². The molecule has 0 saturated heterocycles. The second-order valence-electron chi connectivity index (χ2n) is 7.79. The molecule has 1 aromatic heterocycles. The summed E-state index contributed by atoms with van der Waals surface area (Å²) < 4.78 is 51.9. The molecule has 1 aliphatic rings. The third-order valence-corrected chi connectivity index (χ3v) is 6.54. The maximum Gasteiger partial charge on any atom is 0.274 e. The predicted octanol–water partition coefficient (Wildman–Crippen LogP) is 3.98. The first-order chi connectivity index (χ1) is 13.5. The molecular formula is C20H25F2N3O3S. The summed E-state index contributed by atoms with van der Waals surface area (Å²) in [4.78, 5) is 13.0. The molecule has 1 amide bonds. The van der Waals surface area contributed by atoms with Gasteiger partial charge in [-0.3, -0.25) is 9.48 Å². The number of hydrogen-bond donors (Lipinski definition) is 1. The van der Waals surface area contributed by atoms with Crippen LogP contribution < -0.4 is 5.32 Å². The SMILES string of the molecule is Cc1nn(CC2CCC(F)(F)CC2)c(C(=O)Nc2cccc(S(C)(=O)=O)c2)c1C. The molecule has 1 saturated carbocycles. The van der Waals surface area contributed by atoms with E-state index in [0.29, 0.717) is 42.0 Å². The normalized spacial score (nSPS) is 17.3. The number of nitrogens with one attached hydrogen (secondary N) is 1. The Labute approximate surface area is 169 Å². The number of anilines is 1. The molecule has 0 bridgehead atoms. The van der Waals surface area contributed by atoms with Crippen LogP contribution in [0.4, 0.5) is 14.5 Å². The molecule has 9 heteroatoms. The number of sulfone groups is 1. The highest BCUT2D eigenvalue weighted by atomic mass is 32.2. The van der Waals surface area contributed by atoms with Crippen LogP contribution in [0.25, 0.3) is 0 Å². The van der Waals surface area contributed by atoms with E-state index in [-0.39, 0.29) is 23.7 Å². The number of benzene rings is 1. The third kappa shape index (κ3) is 5.01. The van der Waals surface area contributed by atoms with Crippen LogP contribution in [-0.2, 0) is 16.4 Å². The van der Waals surface area contributed by atoms with Crippen molar-refractivity contribution in [3.8, 4) is 0 Å². The smallest absolute Gasteiger partial charge is 0.274 e. The lowest BCUT2D eigenvalue weighted by molar-refractivity contribution is -0.0477. The van der Waals surface area contributed by atoms with Gasteiger partial charge in [0.15, 0.2) is 9.84 Å². The maximum absolute atomic E-state index is 13.4. The Morgan fingerprint density at radius 2 is 1.93 bits per heavy atom. The minimum atomic E-state index is -3.40. The Morgan fingerprint density at radius 1 is 1.28 bits per heavy atom. The van der Waals surface area contributed by atoms with Crippen LogP contribution in [0.15, 0.2) is 29.2 Å². The van der Waals surface area contributed by atoms with Crippen molar-refractivity contribution in [2.45, 2.75) is 56.9 Å². The lowest BCUT2D eigenvalue weighted by Crippen LogP contribution is -2.28. The highest BCUT2D eigenvalue weighted by Crippen LogP contribution is 2.37. The van der Waals surface area contributed by atoms with Crippen LogP contribution in [0.1, 0.15) is 47.4 Å². The van der Waals surface area contributed by atoms with E-state index in [2.05, 4.69) is 10.4 Å². The van der Waals surface area contributed by atoms with Crippen molar-refractivity contribution in [2.24, 2.45) is 5.92 Å². The summed E-state index contributed by atoms with van der Waals surface area (Å²) in [5.41, 5.74) is 2.13. The molecule has 158 valence electrons. The van der Waals surface area contributed by atoms with Gasteiger partial charge >= 0.3 is 0 Å². The molecular weight excluding hydrogens is 400 g/mol. The highest BCUT2D eigenvalue weighted by Gasteiger charge is 2.35. The molecule has 0 aliphatic heterocycles. The predicted molar refractivity (Wildman–Crippen MR) is 106 cm³/mol. The van der Waals surface area contributed by atoms with Crippen molar-refractivity contribution in [3.05, 3.63) is 41.2 Å². The van der Waals surface area contributed by atoms with Gasteiger partial charge in [-0.05, 0) is 50.8 Å². The molecule has 1 fully saturated rings. The summed E-state index contributed by atoms with van der Waals surface area (Å²) in [5, 5.41) is 7.16. The summed E-state index contributed by atoms with van der Waals surface area (Å²) in [7, 11) is -3.40. The van der Waals surface area contributed by atoms with Crippen molar-refractivity contribution in [2.75, 3.05) is 11.6 Å². The van der Waals surface area contributed by atoms with Crippen LogP contribution in [0.3, 0.4) is 0 Å². The van der Waals surface area contributed by atoms with E-state index in [4.69, 9.17) is 0 Å². The lowest BCUT2D eigenvalue weighted by Gasteiger charge is -2.28. The first kappa shape index (κ1) is 21.4. The molecule has 0 radical (unpaired) electrons. The van der Waals surface area contributed by atoms with E-state index in [0.717, 1.165) is 6.26 Å². The van der Waals surface area contributed by atoms with Gasteiger partial charge in [-0.2, -0.15) is 5.10 Å². The largest absolute Gasteiger partial charge is 0.321 e. The number of alkyl halides is 2. The Kier molecular flexibility index (Phi) is 5.80. The Morgan fingerprint density at radius 3 is 2.55 bits per heavy atom. The second kappa shape index (κ2) is 7.85. The minimum absolute atomic E-state index is 0.0356. The number of carbonyl (C=O) groups is 1. The molecule has 0 atom stereocenters. The van der Waals surface area contributed by atoms with Crippen molar-refractivity contribution < 1.29 is 22.0 Å². The average molecular weight is 426 g/mol. The monoisotopic (exact) mass is 425 g/mol. The van der Waals surface area contributed by atoms with Crippen LogP contribution in [-0.4, -0.2) is 36.3 Å². The number of aryl methyl sites for hydroxylation is 1. The van der Waals surface area contributed by atoms with E-state index in [9.17, 15) is 22.0 Å². The first-order valence-electron chi connectivity index (χ1n) is 9.49. The quantitative estimate of drug-likeness (QED) is 0.786. The molecule has 1 aliphatic carbocycles. The van der Waals surface area contributed by atoms with Crippen LogP contribution in [0.2, 0.25) is 0 Å². The Bertz CT molecular complexity index is 1020. The summed E-state index contributed by atoms with van der Waals surface area (Å²) >= 11 is 0. The summed E-state index contributed by atoms with van der Waals surface area (Å²) in [6.45, 7) is 3.98. The fraction of sp³-hybridized carbons (Fsp3) is 0.500. The van der Waals surface area contributed by atoms with Crippen LogP contribution in [0, 0.1) is 19.8 Å². The Hall–Kier alpha value is -2.29. The molecule has 29 heavy (non-hydrogen) atoms. The van der Waals surface area contributed by atoms with Crippen LogP contribution in [0.5, 0.6) is 0 Å². The number of hydrogen-bond acceptors (Lipinski definition) is 4. The lowest BCUT2D eigenvalue weighted by atomic mass is 9.87. The van der Waals surface area contributed by atoms with Crippen molar-refractivity contribution in [1.29, 1.82) is 0 Å². The zero-order valence-electron chi connectivity index (χ0n) is 16.7. The fourth-order valence-electron chi connectivity index (χ4n) is 3.61. The van der Waals surface area contributed by atoms with Crippen LogP contribution >= 0.6 is 0 Å². The molecule has 2 aromatic rings. The molecule has 0 unspecified atom stereocenters. The molecule has 0 spiro atoms. The number of halogens is 2. The Balaban J connectivity index is 1.81. The second-order valence-corrected chi connectivity index (χ2v) is 9.81. The number of amides is 1. The molecule has 1 heterocycles. The molecule has 1 aromatic carbocycles. The maximum atomic E-state index is 13.4. The zero-order valence-corrected chi connectivity index (χ0v) is 17.5.